The summed E-state index contributed by atoms with van der Waals surface area (Å²) in [6.45, 7) is 1.43. The fourth-order valence-electron chi connectivity index (χ4n) is 3.77. The van der Waals surface area contributed by atoms with Crippen LogP contribution < -0.4 is 10.0 Å². The lowest BCUT2D eigenvalue weighted by molar-refractivity contribution is 0.257. The number of halogens is 1. The Labute approximate surface area is 188 Å². The first-order chi connectivity index (χ1) is 15.4. The van der Waals surface area contributed by atoms with Crippen molar-refractivity contribution in [1.29, 1.82) is 0 Å². The van der Waals surface area contributed by atoms with Gasteiger partial charge in [-0.1, -0.05) is 6.07 Å². The molecular formula is C22H25FN6O2S. The molecule has 168 valence electrons. The Hall–Kier alpha value is -3.11. The number of anilines is 1. The van der Waals surface area contributed by atoms with Gasteiger partial charge in [0.05, 0.1) is 12.2 Å². The van der Waals surface area contributed by atoms with E-state index in [1.165, 1.54) is 6.07 Å². The Balaban J connectivity index is 1.53. The van der Waals surface area contributed by atoms with Crippen LogP contribution in [0.15, 0.2) is 47.9 Å². The Morgan fingerprint density at radius 2 is 2.09 bits per heavy atom. The number of carbonyl (C=O) groups excluding carboxylic acids is 1. The van der Waals surface area contributed by atoms with E-state index in [-0.39, 0.29) is 10.8 Å². The molecule has 0 aliphatic heterocycles. The first kappa shape index (κ1) is 22.1. The molecule has 1 aliphatic carbocycles. The molecular weight excluding hydrogens is 431 g/mol. The lowest BCUT2D eigenvalue weighted by atomic mass is 9.97. The van der Waals surface area contributed by atoms with Crippen LogP contribution in [0.4, 0.5) is 14.9 Å². The smallest absolute Gasteiger partial charge is 0.308 e. The minimum atomic E-state index is -1.83. The van der Waals surface area contributed by atoms with Gasteiger partial charge in [0.15, 0.2) is 16.0 Å². The fraction of sp³-hybridized carbons (Fsp3) is 0.318. The summed E-state index contributed by atoms with van der Waals surface area (Å²) in [5.41, 5.74) is 3.16. The number of aromatic nitrogens is 3. The second kappa shape index (κ2) is 9.58. The molecule has 0 fully saturated rings. The summed E-state index contributed by atoms with van der Waals surface area (Å²) in [5, 5.41) is 7.33. The van der Waals surface area contributed by atoms with Crippen molar-refractivity contribution in [1.82, 2.24) is 24.4 Å². The summed E-state index contributed by atoms with van der Waals surface area (Å²) < 4.78 is 31.4. The lowest BCUT2D eigenvalue weighted by Crippen LogP contribution is -2.31. The van der Waals surface area contributed by atoms with E-state index in [2.05, 4.69) is 20.1 Å². The van der Waals surface area contributed by atoms with Crippen molar-refractivity contribution < 1.29 is 13.4 Å². The van der Waals surface area contributed by atoms with Crippen LogP contribution in [-0.2, 0) is 30.4 Å². The highest BCUT2D eigenvalue weighted by Crippen LogP contribution is 2.39. The first-order valence-corrected chi connectivity index (χ1v) is 11.5. The lowest BCUT2D eigenvalue weighted by Gasteiger charge is -2.17. The molecule has 0 bridgehead atoms. The highest BCUT2D eigenvalue weighted by molar-refractivity contribution is 7.83. The van der Waals surface area contributed by atoms with E-state index in [9.17, 15) is 13.4 Å². The first-order valence-electron chi connectivity index (χ1n) is 10.3. The Kier molecular flexibility index (Phi) is 6.61. The number of rotatable bonds is 7. The molecule has 1 aliphatic rings. The predicted octanol–water partition coefficient (Wildman–Crippen LogP) is 2.98. The van der Waals surface area contributed by atoms with Gasteiger partial charge in [0, 0.05) is 36.3 Å². The fourth-order valence-corrected chi connectivity index (χ4v) is 4.46. The number of fused-ring (bicyclic) bond motifs is 1. The topological polar surface area (TPSA) is 92.2 Å². The molecule has 2 heterocycles. The van der Waals surface area contributed by atoms with Gasteiger partial charge in [-0.15, -0.1) is 0 Å². The van der Waals surface area contributed by atoms with Crippen molar-refractivity contribution in [3.05, 3.63) is 59.8 Å². The van der Waals surface area contributed by atoms with Gasteiger partial charge in [-0.05, 0) is 62.7 Å². The van der Waals surface area contributed by atoms with E-state index in [4.69, 9.17) is 0 Å². The summed E-state index contributed by atoms with van der Waals surface area (Å²) in [6, 6.07) is 5.97. The molecule has 8 nitrogen and oxygen atoms in total. The second-order valence-electron chi connectivity index (χ2n) is 7.88. The average molecular weight is 457 g/mol. The van der Waals surface area contributed by atoms with E-state index >= 15 is 0 Å². The van der Waals surface area contributed by atoms with Crippen LogP contribution >= 0.6 is 0 Å². The van der Waals surface area contributed by atoms with Gasteiger partial charge in [-0.2, -0.15) is 5.10 Å². The Morgan fingerprint density at radius 3 is 2.84 bits per heavy atom. The maximum Gasteiger partial charge on any atom is 0.331 e. The van der Waals surface area contributed by atoms with Crippen LogP contribution in [-0.4, -0.2) is 50.5 Å². The molecule has 1 atom stereocenters. The van der Waals surface area contributed by atoms with E-state index in [1.807, 2.05) is 25.1 Å². The van der Waals surface area contributed by atoms with Gasteiger partial charge in [-0.25, -0.2) is 13.4 Å². The minimum Gasteiger partial charge on any atom is -0.308 e. The van der Waals surface area contributed by atoms with E-state index in [1.54, 1.807) is 35.4 Å². The molecule has 2 aromatic heterocycles. The number of likely N-dealkylation sites (N-methyl/N-ethyl adjacent to an activating group) is 1. The number of nitrogens with zero attached hydrogens (tertiary/aromatic N) is 4. The number of hydrogen-bond donors (Lipinski definition) is 2. The van der Waals surface area contributed by atoms with Crippen molar-refractivity contribution in [2.24, 2.45) is 0 Å². The molecule has 0 spiro atoms. The van der Waals surface area contributed by atoms with Gasteiger partial charge in [0.1, 0.15) is 5.82 Å². The molecule has 1 unspecified atom stereocenters. The van der Waals surface area contributed by atoms with Crippen LogP contribution in [0, 0.1) is 5.82 Å². The molecule has 0 saturated carbocycles. The molecule has 32 heavy (non-hydrogen) atoms. The van der Waals surface area contributed by atoms with Crippen molar-refractivity contribution >= 4 is 22.7 Å². The Bertz CT molecular complexity index is 1150. The monoisotopic (exact) mass is 456 g/mol. The number of urea groups is 1. The van der Waals surface area contributed by atoms with Crippen LogP contribution in [0.1, 0.15) is 17.5 Å². The van der Waals surface area contributed by atoms with Crippen molar-refractivity contribution in [3.8, 4) is 11.1 Å². The van der Waals surface area contributed by atoms with Crippen LogP contribution in [0.2, 0.25) is 0 Å². The second-order valence-corrected chi connectivity index (χ2v) is 9.04. The molecule has 10 heteroatoms. The number of hydrogen-bond acceptors (Lipinski definition) is 5. The number of carbonyl (C=O) groups is 1. The summed E-state index contributed by atoms with van der Waals surface area (Å²) in [6.07, 6.45) is 7.08. The van der Waals surface area contributed by atoms with Gasteiger partial charge in [-0.3, -0.25) is 14.4 Å². The normalized spacial score (nSPS) is 13.8. The zero-order valence-corrected chi connectivity index (χ0v) is 18.8. The predicted molar refractivity (Wildman–Crippen MR) is 121 cm³/mol. The van der Waals surface area contributed by atoms with Crippen molar-refractivity contribution in [3.63, 3.8) is 0 Å². The number of amides is 2. The zero-order chi connectivity index (χ0) is 22.7. The van der Waals surface area contributed by atoms with Crippen molar-refractivity contribution in [2.45, 2.75) is 30.8 Å². The highest BCUT2D eigenvalue weighted by Gasteiger charge is 2.24. The SMILES string of the molecule is CN(C)CCn1ccc(S(=O)NC(=O)Nc2c(-c3cccnc3)cc(F)c3c2CCC3)n1. The summed E-state index contributed by atoms with van der Waals surface area (Å²) in [4.78, 5) is 18.8. The average Bonchev–Trinajstić information content (AvgIpc) is 3.45. The molecule has 0 saturated heterocycles. The molecule has 4 rings (SSSR count). The molecule has 2 N–H and O–H groups in total. The van der Waals surface area contributed by atoms with E-state index in [0.717, 1.165) is 18.5 Å². The van der Waals surface area contributed by atoms with Gasteiger partial charge in [0.2, 0.25) is 0 Å². The third-order valence-corrected chi connectivity index (χ3v) is 6.30. The van der Waals surface area contributed by atoms with E-state index < -0.39 is 17.0 Å². The number of nitrogens with one attached hydrogen (secondary N) is 2. The maximum atomic E-state index is 14.7. The summed E-state index contributed by atoms with van der Waals surface area (Å²) in [7, 11) is 2.09. The van der Waals surface area contributed by atoms with Crippen LogP contribution in [0.3, 0.4) is 0 Å². The molecule has 2 amide bonds. The third kappa shape index (κ3) is 4.86. The highest BCUT2D eigenvalue weighted by atomic mass is 32.2. The summed E-state index contributed by atoms with van der Waals surface area (Å²) >= 11 is 0. The van der Waals surface area contributed by atoms with Crippen LogP contribution in [0.25, 0.3) is 11.1 Å². The quantitative estimate of drug-likeness (QED) is 0.570. The van der Waals surface area contributed by atoms with Crippen molar-refractivity contribution in [2.75, 3.05) is 26.0 Å². The molecule has 3 aromatic rings. The zero-order valence-electron chi connectivity index (χ0n) is 18.0. The maximum absolute atomic E-state index is 14.7. The third-order valence-electron chi connectivity index (χ3n) is 5.33. The summed E-state index contributed by atoms with van der Waals surface area (Å²) in [5.74, 6) is -0.283. The molecule has 1 aromatic carbocycles. The van der Waals surface area contributed by atoms with E-state index in [0.29, 0.717) is 41.8 Å². The van der Waals surface area contributed by atoms with Gasteiger partial charge in [0.25, 0.3) is 0 Å². The van der Waals surface area contributed by atoms with Gasteiger partial charge < -0.3 is 10.2 Å². The minimum absolute atomic E-state index is 0.260. The van der Waals surface area contributed by atoms with Gasteiger partial charge >= 0.3 is 6.03 Å². The number of pyridine rings is 1. The standard InChI is InChI=1S/C22H25FN6O2S/c1-28(2)11-12-29-10-8-20(26-29)32(31)27-22(30)25-21-17-7-3-6-16(17)19(23)13-18(21)15-5-4-9-24-14-15/h4-5,8-10,13-14H,3,6-7,11-12H2,1-2H3,(H2,25,27,30). The Morgan fingerprint density at radius 1 is 1.28 bits per heavy atom. The largest absolute Gasteiger partial charge is 0.331 e. The van der Waals surface area contributed by atoms with Crippen LogP contribution in [0.5, 0.6) is 0 Å². The molecule has 0 radical (unpaired) electrons. The number of benzene rings is 1.